The van der Waals surface area contributed by atoms with E-state index in [1.165, 1.54) is 32.1 Å². The van der Waals surface area contributed by atoms with Crippen LogP contribution in [0.2, 0.25) is 17.3 Å². The molecule has 4 nitrogen and oxygen atoms in total. The van der Waals surface area contributed by atoms with Gasteiger partial charge in [0.25, 0.3) is 0 Å². The summed E-state index contributed by atoms with van der Waals surface area (Å²) < 4.78 is 7.79. The van der Waals surface area contributed by atoms with E-state index in [0.717, 1.165) is 61.6 Å². The van der Waals surface area contributed by atoms with Gasteiger partial charge < -0.3 is 9.40 Å². The van der Waals surface area contributed by atoms with E-state index in [4.69, 9.17) is 14.4 Å². The van der Waals surface area contributed by atoms with Crippen LogP contribution in [0.4, 0.5) is 0 Å². The molecule has 3 aromatic carbocycles. The Morgan fingerprint density at radius 1 is 0.796 bits per heavy atom. The molecule has 0 saturated heterocycles. The number of hydrogen-bond donors (Lipinski definition) is 0. The van der Waals surface area contributed by atoms with Crippen LogP contribution >= 0.6 is 0 Å². The maximum absolute atomic E-state index is 6.20. The quantitative estimate of drug-likeness (QED) is 0.123. The molecule has 8 rings (SSSR count). The van der Waals surface area contributed by atoms with E-state index in [-0.39, 0.29) is 20.1 Å². The molecule has 7 aromatic rings. The van der Waals surface area contributed by atoms with Crippen LogP contribution < -0.4 is 4.40 Å². The number of rotatable bonds is 6. The van der Waals surface area contributed by atoms with Crippen LogP contribution in [0.15, 0.2) is 114 Å². The third kappa shape index (κ3) is 7.80. The summed E-state index contributed by atoms with van der Waals surface area (Å²) in [6.45, 7) is 2.10. The van der Waals surface area contributed by atoms with E-state index >= 15 is 0 Å². The molecule has 1 aliphatic rings. The van der Waals surface area contributed by atoms with Crippen LogP contribution in [-0.2, 0) is 26.5 Å². The molecule has 4 heterocycles. The third-order valence-corrected chi connectivity index (χ3v) is 13.7. The van der Waals surface area contributed by atoms with Crippen molar-refractivity contribution in [1.29, 1.82) is 0 Å². The van der Waals surface area contributed by atoms with E-state index in [0.29, 0.717) is 5.71 Å². The van der Waals surface area contributed by atoms with Crippen LogP contribution in [0.1, 0.15) is 36.8 Å². The summed E-state index contributed by atoms with van der Waals surface area (Å²) in [6, 6.07) is 39.2. The summed E-state index contributed by atoms with van der Waals surface area (Å²) in [4.78, 5) is 14.0. The molecule has 0 N–H and O–H groups in total. The number of aryl methyl sites for hydroxylation is 1. The van der Waals surface area contributed by atoms with Gasteiger partial charge in [0.05, 0.1) is 11.3 Å². The summed E-state index contributed by atoms with van der Waals surface area (Å²) in [6.07, 6.45) is 10.9. The second kappa shape index (κ2) is 15.3. The molecule has 249 valence electrons. The van der Waals surface area contributed by atoms with Crippen molar-refractivity contribution in [2.75, 3.05) is 0 Å². The SMILES string of the molecule is Cc1cc(-c2ccccc2)nc2oc3c(-c4ccccn4)[c-]ccc3c12.[CH3][Ge]([CH3])([CH3])[c]1cnc(-c2[c-]cccc2)cc1CC1CCCC1.[Ir]. The topological polar surface area (TPSA) is 51.8 Å². The van der Waals surface area contributed by atoms with Crippen LogP contribution in [0.5, 0.6) is 0 Å². The molecule has 0 bridgehead atoms. The zero-order valence-corrected chi connectivity index (χ0v) is 33.1. The molecule has 0 spiro atoms. The molecule has 0 aliphatic heterocycles. The number of pyridine rings is 3. The summed E-state index contributed by atoms with van der Waals surface area (Å²) in [5.74, 6) is 8.31. The molecular weight excluding hydrogens is 839 g/mol. The van der Waals surface area contributed by atoms with Crippen LogP contribution in [0.3, 0.4) is 0 Å². The fourth-order valence-corrected chi connectivity index (χ4v) is 10.3. The van der Waals surface area contributed by atoms with Gasteiger partial charge in [-0.25, -0.2) is 4.98 Å². The van der Waals surface area contributed by atoms with Gasteiger partial charge in [0.15, 0.2) is 0 Å². The van der Waals surface area contributed by atoms with Crippen molar-refractivity contribution in [3.63, 3.8) is 0 Å². The van der Waals surface area contributed by atoms with Gasteiger partial charge in [-0.3, -0.25) is 0 Å². The number of nitrogens with zero attached hydrogens (tertiary/aromatic N) is 3. The van der Waals surface area contributed by atoms with Crippen molar-refractivity contribution in [3.05, 3.63) is 133 Å². The van der Waals surface area contributed by atoms with Crippen molar-refractivity contribution < 1.29 is 24.5 Å². The Labute approximate surface area is 306 Å². The second-order valence-electron chi connectivity index (χ2n) is 13.9. The Bertz CT molecular complexity index is 2150. The van der Waals surface area contributed by atoms with Gasteiger partial charge in [0.1, 0.15) is 0 Å². The zero-order chi connectivity index (χ0) is 33.1. The Hall–Kier alpha value is -3.90. The molecule has 1 saturated carbocycles. The average molecular weight is 881 g/mol. The normalized spacial score (nSPS) is 13.2. The molecule has 1 aliphatic carbocycles. The molecule has 0 atom stereocenters. The Kier molecular flexibility index (Phi) is 10.9. The Morgan fingerprint density at radius 2 is 1.57 bits per heavy atom. The number of furan rings is 1. The van der Waals surface area contributed by atoms with Crippen molar-refractivity contribution in [2.45, 2.75) is 56.3 Å². The molecule has 1 radical (unpaired) electrons. The maximum atomic E-state index is 6.20. The fraction of sp³-hybridized carbons (Fsp3) is 0.233. The van der Waals surface area contributed by atoms with E-state index in [9.17, 15) is 0 Å². The minimum atomic E-state index is -1.87. The summed E-state index contributed by atoms with van der Waals surface area (Å²) >= 11 is -1.87. The number of fused-ring (bicyclic) bond motifs is 3. The van der Waals surface area contributed by atoms with Crippen molar-refractivity contribution in [1.82, 2.24) is 15.0 Å². The zero-order valence-electron chi connectivity index (χ0n) is 28.6. The van der Waals surface area contributed by atoms with Crippen LogP contribution in [-0.4, -0.2) is 28.2 Å². The standard InChI is InChI=1S/C23H15N2O.C20H26GeN.Ir/c1-15-14-20(16-8-3-2-4-9-16)25-23-21(15)18-11-7-10-17(22(18)26-23)19-12-5-6-13-24-19;1-21(2,3)19-15-22-20(17-11-5-4-6-12-17)14-18(19)13-16-9-7-8-10-16;/h2-9,11-14H,1H3;4-6,11,14-16H,7-10,13H2,1-3H3;/q2*-1;. The molecule has 4 aromatic heterocycles. The van der Waals surface area contributed by atoms with E-state index < -0.39 is 13.3 Å². The van der Waals surface area contributed by atoms with Crippen molar-refractivity contribution >= 4 is 39.7 Å². The first-order valence-corrected chi connectivity index (χ1v) is 24.4. The Balaban J connectivity index is 0.000000169. The first-order valence-electron chi connectivity index (χ1n) is 17.0. The predicted molar refractivity (Wildman–Crippen MR) is 201 cm³/mol. The van der Waals surface area contributed by atoms with Crippen molar-refractivity contribution in [3.8, 4) is 33.8 Å². The summed E-state index contributed by atoms with van der Waals surface area (Å²) in [7, 11) is 0. The summed E-state index contributed by atoms with van der Waals surface area (Å²) in [5.41, 5.74) is 10.0. The molecule has 1 fully saturated rings. The number of hydrogen-bond acceptors (Lipinski definition) is 4. The number of benzene rings is 3. The minimum Gasteiger partial charge on any atom is 0 e. The molecular formula is C43H41GeIrN3O-2. The van der Waals surface area contributed by atoms with Gasteiger partial charge in [-0.2, -0.15) is 0 Å². The van der Waals surface area contributed by atoms with Gasteiger partial charge in [-0.05, 0) is 30.3 Å². The maximum Gasteiger partial charge on any atom is 0 e. The van der Waals surface area contributed by atoms with E-state index in [2.05, 4.69) is 83.9 Å². The van der Waals surface area contributed by atoms with Crippen LogP contribution in [0.25, 0.3) is 55.8 Å². The molecule has 0 unspecified atom stereocenters. The minimum absolute atomic E-state index is 0. The molecule has 49 heavy (non-hydrogen) atoms. The van der Waals surface area contributed by atoms with Crippen molar-refractivity contribution in [2.24, 2.45) is 5.92 Å². The van der Waals surface area contributed by atoms with Gasteiger partial charge in [-0.1, -0.05) is 53.4 Å². The first-order chi connectivity index (χ1) is 23.3. The largest absolute Gasteiger partial charge is 0 e. The average Bonchev–Trinajstić information content (AvgIpc) is 3.77. The molecule has 0 amide bonds. The van der Waals surface area contributed by atoms with Gasteiger partial charge >= 0.3 is 137 Å². The number of aromatic nitrogens is 3. The van der Waals surface area contributed by atoms with Gasteiger partial charge in [0.2, 0.25) is 5.71 Å². The second-order valence-corrected chi connectivity index (χ2v) is 24.5. The third-order valence-electron chi connectivity index (χ3n) is 9.36. The monoisotopic (exact) mass is 882 g/mol. The van der Waals surface area contributed by atoms with Gasteiger partial charge in [0, 0.05) is 37.3 Å². The first kappa shape index (κ1) is 34.9. The fourth-order valence-electron chi connectivity index (χ4n) is 6.95. The van der Waals surface area contributed by atoms with Gasteiger partial charge in [-0.15, -0.1) is 18.2 Å². The van der Waals surface area contributed by atoms with E-state index in [1.54, 1.807) is 16.2 Å². The summed E-state index contributed by atoms with van der Waals surface area (Å²) in [5, 5.41) is 2.09. The smallest absolute Gasteiger partial charge is 0 e. The molecule has 6 heteroatoms. The Morgan fingerprint density at radius 3 is 2.29 bits per heavy atom. The van der Waals surface area contributed by atoms with E-state index in [1.807, 2.05) is 60.7 Å². The predicted octanol–water partition coefficient (Wildman–Crippen LogP) is 10.6. The van der Waals surface area contributed by atoms with Crippen LogP contribution in [0, 0.1) is 25.0 Å².